The molecule has 0 aromatic carbocycles. The van der Waals surface area contributed by atoms with Crippen molar-refractivity contribution in [3.05, 3.63) is 0 Å². The lowest BCUT2D eigenvalue weighted by Crippen LogP contribution is -2.32. The smallest absolute Gasteiger partial charge is 0.464 e. The quantitative estimate of drug-likeness (QED) is 0.0505. The summed E-state index contributed by atoms with van der Waals surface area (Å²) in [7, 11) is -5.56. The predicted octanol–water partition coefficient (Wildman–Crippen LogP) is 9.02. The Balaban J connectivity index is 4.62. The first kappa shape index (κ1) is 34.7. The Morgan fingerprint density at radius 2 is 1.29 bits per heavy atom. The fourth-order valence-corrected chi connectivity index (χ4v) is 6.50. The van der Waals surface area contributed by atoms with Gasteiger partial charge < -0.3 is 5.11 Å². The normalized spacial score (nSPS) is 16.0. The van der Waals surface area contributed by atoms with Gasteiger partial charge in [0.1, 0.15) is 6.10 Å². The third kappa shape index (κ3) is 17.8. The molecular formula is C26H53O7PS. The number of unbranched alkanes of at least 4 members (excludes halogenated alkanes) is 13. The molecule has 0 rings (SSSR count). The second kappa shape index (κ2) is 22.9. The van der Waals surface area contributed by atoms with Crippen LogP contribution in [0.3, 0.4) is 0 Å². The molecule has 0 bridgehead atoms. The minimum absolute atomic E-state index is 0.00710. The highest BCUT2D eigenvalue weighted by molar-refractivity contribution is 7.85. The van der Waals surface area contributed by atoms with Crippen molar-refractivity contribution in [2.45, 2.75) is 148 Å². The van der Waals surface area contributed by atoms with Crippen molar-refractivity contribution in [3.63, 3.8) is 0 Å². The Kier molecular flexibility index (Phi) is 22.7. The summed E-state index contributed by atoms with van der Waals surface area (Å²) in [4.78, 5) is 16.6. The van der Waals surface area contributed by atoms with Crippen molar-refractivity contribution in [3.8, 4) is 0 Å². The van der Waals surface area contributed by atoms with Crippen LogP contribution in [0, 0.1) is 0 Å². The van der Waals surface area contributed by atoms with Crippen LogP contribution in [0.15, 0.2) is 0 Å². The number of carbonyl (C=O) groups is 1. The number of carboxylic acid groups (broad SMARTS) is 1. The molecular weight excluding hydrogens is 487 g/mol. The van der Waals surface area contributed by atoms with Crippen LogP contribution < -0.4 is 0 Å². The molecule has 0 aromatic heterocycles. The van der Waals surface area contributed by atoms with E-state index in [2.05, 4.69) is 13.8 Å². The SMILES string of the molecule is CCCCCCCCCCCCS(=O)C(CCCCCCC)C(C)OOP(=O)(OCCC)C(=O)O. The van der Waals surface area contributed by atoms with Crippen LogP contribution in [0.2, 0.25) is 0 Å². The van der Waals surface area contributed by atoms with Gasteiger partial charge in [-0.3, -0.25) is 8.73 Å². The molecule has 0 fully saturated rings. The van der Waals surface area contributed by atoms with Crippen LogP contribution >= 0.6 is 7.60 Å². The Morgan fingerprint density at radius 3 is 1.77 bits per heavy atom. The lowest BCUT2D eigenvalue weighted by Gasteiger charge is -2.24. The van der Waals surface area contributed by atoms with Crippen molar-refractivity contribution in [1.29, 1.82) is 0 Å². The van der Waals surface area contributed by atoms with Gasteiger partial charge in [0.25, 0.3) is 0 Å². The second-order valence-corrected chi connectivity index (χ2v) is 13.1. The summed E-state index contributed by atoms with van der Waals surface area (Å²) in [5.41, 5.74) is -1.68. The molecule has 0 spiro atoms. The molecule has 0 saturated carbocycles. The predicted molar refractivity (Wildman–Crippen MR) is 146 cm³/mol. The number of rotatable bonds is 26. The molecule has 4 atom stereocenters. The molecule has 4 unspecified atom stereocenters. The fourth-order valence-electron chi connectivity index (χ4n) is 3.92. The van der Waals surface area contributed by atoms with Crippen LogP contribution in [-0.2, 0) is 29.5 Å². The Morgan fingerprint density at radius 1 is 0.800 bits per heavy atom. The first-order valence-electron chi connectivity index (χ1n) is 14.0. The van der Waals surface area contributed by atoms with E-state index >= 15 is 0 Å². The third-order valence-corrected chi connectivity index (χ3v) is 9.40. The molecule has 7 nitrogen and oxygen atoms in total. The van der Waals surface area contributed by atoms with Crippen molar-refractivity contribution < 1.29 is 32.8 Å². The van der Waals surface area contributed by atoms with Gasteiger partial charge in [0, 0.05) is 16.6 Å². The molecule has 0 amide bonds. The summed E-state index contributed by atoms with van der Waals surface area (Å²) < 4.78 is 35.3. The van der Waals surface area contributed by atoms with Gasteiger partial charge in [0.2, 0.25) is 0 Å². The number of hydrogen-bond donors (Lipinski definition) is 1. The van der Waals surface area contributed by atoms with Gasteiger partial charge in [-0.15, -0.1) is 4.67 Å². The molecule has 1 N–H and O–H groups in total. The molecule has 0 aliphatic carbocycles. The summed E-state index contributed by atoms with van der Waals surface area (Å²) in [5.74, 6) is 0.590. The fraction of sp³-hybridized carbons (Fsp3) is 0.962. The van der Waals surface area contributed by atoms with Gasteiger partial charge in [0.05, 0.1) is 11.9 Å². The van der Waals surface area contributed by atoms with Gasteiger partial charge in [-0.25, -0.2) is 14.2 Å². The van der Waals surface area contributed by atoms with E-state index in [0.29, 0.717) is 18.6 Å². The standard InChI is InChI=1S/C26H53O7PS/c1-5-8-10-12-13-14-15-16-18-20-23-35(30)25(21-19-17-11-9-6-2)24(4)32-33-34(29,26(27)28)31-22-7-3/h24-25H,5-23H2,1-4H3,(H,27,28). The van der Waals surface area contributed by atoms with E-state index in [-0.39, 0.29) is 11.9 Å². The van der Waals surface area contributed by atoms with Crippen molar-refractivity contribution in [2.75, 3.05) is 12.4 Å². The second-order valence-electron chi connectivity index (χ2n) is 9.50. The zero-order chi connectivity index (χ0) is 26.4. The highest BCUT2D eigenvalue weighted by Gasteiger charge is 2.38. The van der Waals surface area contributed by atoms with E-state index in [1.807, 2.05) is 0 Å². The monoisotopic (exact) mass is 540 g/mol. The molecule has 0 aliphatic heterocycles. The number of hydrogen-bond acceptors (Lipinski definition) is 6. The molecule has 0 heterocycles. The largest absolute Gasteiger partial charge is 0.472 e. The van der Waals surface area contributed by atoms with E-state index in [4.69, 9.17) is 14.1 Å². The maximum Gasteiger partial charge on any atom is 0.464 e. The van der Waals surface area contributed by atoms with E-state index in [0.717, 1.165) is 38.5 Å². The summed E-state index contributed by atoms with van der Waals surface area (Å²) in [6, 6.07) is 0. The van der Waals surface area contributed by atoms with Gasteiger partial charge in [-0.05, 0) is 26.2 Å². The van der Waals surface area contributed by atoms with Crippen LogP contribution in [0.5, 0.6) is 0 Å². The van der Waals surface area contributed by atoms with Crippen LogP contribution in [0.4, 0.5) is 4.79 Å². The van der Waals surface area contributed by atoms with E-state index in [1.165, 1.54) is 57.8 Å². The minimum atomic E-state index is -4.42. The Hall–Kier alpha value is -0.270. The summed E-state index contributed by atoms with van der Waals surface area (Å²) in [5, 5.41) is 8.95. The van der Waals surface area contributed by atoms with Gasteiger partial charge in [-0.1, -0.05) is 111 Å². The molecule has 0 saturated heterocycles. The summed E-state index contributed by atoms with van der Waals surface area (Å²) in [6.45, 7) is 7.88. The molecule has 0 aromatic rings. The lowest BCUT2D eigenvalue weighted by atomic mass is 10.1. The van der Waals surface area contributed by atoms with Crippen LogP contribution in [0.1, 0.15) is 137 Å². The maximum absolute atomic E-state index is 13.1. The lowest BCUT2D eigenvalue weighted by molar-refractivity contribution is -0.245. The zero-order valence-electron chi connectivity index (χ0n) is 22.8. The topological polar surface area (TPSA) is 99.1 Å². The Labute approximate surface area is 217 Å². The third-order valence-electron chi connectivity index (χ3n) is 6.15. The van der Waals surface area contributed by atoms with Gasteiger partial charge >= 0.3 is 13.3 Å². The summed E-state index contributed by atoms with van der Waals surface area (Å²) in [6.07, 6.45) is 18.2. The van der Waals surface area contributed by atoms with Crippen LogP contribution in [0.25, 0.3) is 0 Å². The van der Waals surface area contributed by atoms with Crippen molar-refractivity contribution in [2.24, 2.45) is 0 Å². The highest BCUT2D eigenvalue weighted by atomic mass is 32.2. The van der Waals surface area contributed by atoms with Gasteiger partial charge in [0.15, 0.2) is 0 Å². The molecule has 0 aliphatic rings. The van der Waals surface area contributed by atoms with Crippen molar-refractivity contribution in [1.82, 2.24) is 0 Å². The van der Waals surface area contributed by atoms with E-state index < -0.39 is 30.2 Å². The van der Waals surface area contributed by atoms with E-state index in [9.17, 15) is 18.7 Å². The molecule has 35 heavy (non-hydrogen) atoms. The average Bonchev–Trinajstić information content (AvgIpc) is 2.84. The first-order chi connectivity index (χ1) is 16.8. The average molecular weight is 541 g/mol. The summed E-state index contributed by atoms with van der Waals surface area (Å²) >= 11 is 0. The first-order valence-corrected chi connectivity index (χ1v) is 16.9. The minimum Gasteiger partial charge on any atom is -0.472 e. The Bertz CT molecular complexity index is 588. The van der Waals surface area contributed by atoms with E-state index in [1.54, 1.807) is 13.8 Å². The zero-order valence-corrected chi connectivity index (χ0v) is 24.6. The molecule has 210 valence electrons. The highest BCUT2D eigenvalue weighted by Crippen LogP contribution is 2.49. The van der Waals surface area contributed by atoms with Crippen LogP contribution in [-0.4, -0.2) is 38.7 Å². The van der Waals surface area contributed by atoms with Gasteiger partial charge in [-0.2, -0.15) is 0 Å². The molecule has 0 radical (unpaired) electrons. The molecule has 9 heteroatoms. The maximum atomic E-state index is 13.1. The van der Waals surface area contributed by atoms with Crippen molar-refractivity contribution >= 4 is 24.1 Å².